The van der Waals surface area contributed by atoms with E-state index < -0.39 is 11.9 Å². The monoisotopic (exact) mass is 353 g/mol. The third kappa shape index (κ3) is 3.48. The molecule has 0 unspecified atom stereocenters. The molecule has 0 saturated carbocycles. The number of halogens is 1. The van der Waals surface area contributed by atoms with Crippen molar-refractivity contribution in [2.45, 2.75) is 13.8 Å². The SMILES string of the molecule is COC(=O)c1c(NC(=O)c2cc(Cl)ccc2OC)sc(C)c1C. The molecule has 23 heavy (non-hydrogen) atoms. The zero-order valence-corrected chi connectivity index (χ0v) is 14.7. The largest absolute Gasteiger partial charge is 0.496 e. The molecule has 0 spiro atoms. The van der Waals surface area contributed by atoms with Gasteiger partial charge in [0.15, 0.2) is 0 Å². The second-order valence-electron chi connectivity index (χ2n) is 4.78. The van der Waals surface area contributed by atoms with Crippen LogP contribution < -0.4 is 10.1 Å². The summed E-state index contributed by atoms with van der Waals surface area (Å²) < 4.78 is 9.97. The van der Waals surface area contributed by atoms with Gasteiger partial charge in [-0.15, -0.1) is 11.3 Å². The lowest BCUT2D eigenvalue weighted by Crippen LogP contribution is -2.15. The fourth-order valence-corrected chi connectivity index (χ4v) is 3.31. The summed E-state index contributed by atoms with van der Waals surface area (Å²) >= 11 is 7.27. The van der Waals surface area contributed by atoms with Gasteiger partial charge in [0, 0.05) is 9.90 Å². The second-order valence-corrected chi connectivity index (χ2v) is 6.44. The number of amides is 1. The highest BCUT2D eigenvalue weighted by Gasteiger charge is 2.23. The summed E-state index contributed by atoms with van der Waals surface area (Å²) in [5.41, 5.74) is 1.44. The summed E-state index contributed by atoms with van der Waals surface area (Å²) in [6, 6.07) is 4.76. The van der Waals surface area contributed by atoms with E-state index >= 15 is 0 Å². The standard InChI is InChI=1S/C16H16ClNO4S/c1-8-9(2)23-15(13(8)16(20)22-4)18-14(19)11-7-10(17)5-6-12(11)21-3/h5-7H,1-4H3,(H,18,19). The maximum absolute atomic E-state index is 12.5. The number of anilines is 1. The molecule has 1 heterocycles. The van der Waals surface area contributed by atoms with Crippen molar-refractivity contribution >= 4 is 39.8 Å². The van der Waals surface area contributed by atoms with E-state index in [-0.39, 0.29) is 0 Å². The molecule has 0 aliphatic heterocycles. The van der Waals surface area contributed by atoms with Crippen molar-refractivity contribution in [2.75, 3.05) is 19.5 Å². The van der Waals surface area contributed by atoms with Crippen molar-refractivity contribution in [3.8, 4) is 5.75 Å². The van der Waals surface area contributed by atoms with E-state index in [1.165, 1.54) is 31.6 Å². The first-order chi connectivity index (χ1) is 10.9. The lowest BCUT2D eigenvalue weighted by molar-refractivity contribution is 0.0601. The molecule has 122 valence electrons. The minimum Gasteiger partial charge on any atom is -0.496 e. The van der Waals surface area contributed by atoms with Crippen molar-refractivity contribution in [1.82, 2.24) is 0 Å². The van der Waals surface area contributed by atoms with Crippen molar-refractivity contribution < 1.29 is 19.1 Å². The van der Waals surface area contributed by atoms with Gasteiger partial charge in [0.2, 0.25) is 0 Å². The number of rotatable bonds is 4. The van der Waals surface area contributed by atoms with Gasteiger partial charge in [0.25, 0.3) is 5.91 Å². The second kappa shape index (κ2) is 7.02. The maximum Gasteiger partial charge on any atom is 0.341 e. The van der Waals surface area contributed by atoms with E-state index in [0.717, 1.165) is 10.4 Å². The Balaban J connectivity index is 2.40. The molecule has 0 aliphatic rings. The number of hydrogen-bond acceptors (Lipinski definition) is 5. The first-order valence-electron chi connectivity index (χ1n) is 6.72. The Labute approximate surface area is 143 Å². The fraction of sp³-hybridized carbons (Fsp3) is 0.250. The number of thiophene rings is 1. The Kier molecular flexibility index (Phi) is 5.28. The van der Waals surface area contributed by atoms with Crippen LogP contribution in [0, 0.1) is 13.8 Å². The normalized spacial score (nSPS) is 10.3. The molecular weight excluding hydrogens is 338 g/mol. The molecule has 0 radical (unpaired) electrons. The third-order valence-electron chi connectivity index (χ3n) is 3.41. The molecule has 0 fully saturated rings. The quantitative estimate of drug-likeness (QED) is 0.841. The lowest BCUT2D eigenvalue weighted by atomic mass is 10.1. The van der Waals surface area contributed by atoms with Gasteiger partial charge in [0.05, 0.1) is 25.3 Å². The van der Waals surface area contributed by atoms with Crippen LogP contribution in [0.25, 0.3) is 0 Å². The fourth-order valence-electron chi connectivity index (χ4n) is 2.09. The number of benzene rings is 1. The van der Waals surface area contributed by atoms with Crippen LogP contribution in [0.5, 0.6) is 5.75 Å². The Hall–Kier alpha value is -2.05. The first kappa shape index (κ1) is 17.3. The Morgan fingerprint density at radius 3 is 2.52 bits per heavy atom. The summed E-state index contributed by atoms with van der Waals surface area (Å²) in [5, 5.41) is 3.61. The summed E-state index contributed by atoms with van der Waals surface area (Å²) in [6.07, 6.45) is 0. The zero-order chi connectivity index (χ0) is 17.1. The molecule has 2 rings (SSSR count). The van der Waals surface area contributed by atoms with Gasteiger partial charge in [0.1, 0.15) is 10.8 Å². The molecule has 0 saturated heterocycles. The van der Waals surface area contributed by atoms with Gasteiger partial charge in [-0.1, -0.05) is 11.6 Å². The van der Waals surface area contributed by atoms with Crippen LogP contribution in [-0.2, 0) is 4.74 Å². The van der Waals surface area contributed by atoms with E-state index in [1.54, 1.807) is 12.1 Å². The molecule has 2 aromatic rings. The van der Waals surface area contributed by atoms with Crippen molar-refractivity contribution in [1.29, 1.82) is 0 Å². The number of esters is 1. The highest BCUT2D eigenvalue weighted by atomic mass is 35.5. The number of carbonyl (C=O) groups excluding carboxylic acids is 2. The lowest BCUT2D eigenvalue weighted by Gasteiger charge is -2.10. The Morgan fingerprint density at radius 1 is 1.22 bits per heavy atom. The van der Waals surface area contributed by atoms with E-state index in [2.05, 4.69) is 5.32 Å². The predicted molar refractivity (Wildman–Crippen MR) is 91.1 cm³/mol. The van der Waals surface area contributed by atoms with Crippen molar-refractivity contribution in [3.05, 3.63) is 44.8 Å². The summed E-state index contributed by atoms with van der Waals surface area (Å²) in [7, 11) is 2.78. The average Bonchev–Trinajstić information content (AvgIpc) is 2.80. The van der Waals surface area contributed by atoms with Crippen LogP contribution in [-0.4, -0.2) is 26.1 Å². The molecule has 7 heteroatoms. The maximum atomic E-state index is 12.5. The number of methoxy groups -OCH3 is 2. The molecule has 0 atom stereocenters. The van der Waals surface area contributed by atoms with Crippen LogP contribution in [0.1, 0.15) is 31.2 Å². The number of aryl methyl sites for hydroxylation is 1. The molecule has 0 bridgehead atoms. The highest BCUT2D eigenvalue weighted by Crippen LogP contribution is 2.34. The minimum atomic E-state index is -0.486. The van der Waals surface area contributed by atoms with Gasteiger partial charge < -0.3 is 14.8 Å². The highest BCUT2D eigenvalue weighted by molar-refractivity contribution is 7.16. The average molecular weight is 354 g/mol. The third-order valence-corrected chi connectivity index (χ3v) is 4.77. The van der Waals surface area contributed by atoms with Gasteiger partial charge in [-0.25, -0.2) is 4.79 Å². The van der Waals surface area contributed by atoms with Gasteiger partial charge >= 0.3 is 5.97 Å². The topological polar surface area (TPSA) is 64.6 Å². The molecule has 5 nitrogen and oxygen atoms in total. The molecule has 1 amide bonds. The number of hydrogen-bond donors (Lipinski definition) is 1. The Morgan fingerprint density at radius 2 is 1.91 bits per heavy atom. The van der Waals surface area contributed by atoms with Crippen molar-refractivity contribution in [3.63, 3.8) is 0 Å². The predicted octanol–water partition coefficient (Wildman–Crippen LogP) is 4.07. The zero-order valence-electron chi connectivity index (χ0n) is 13.2. The smallest absolute Gasteiger partial charge is 0.341 e. The Bertz CT molecular complexity index is 770. The van der Waals surface area contributed by atoms with E-state index in [1.807, 2.05) is 13.8 Å². The van der Waals surface area contributed by atoms with E-state index in [0.29, 0.717) is 26.9 Å². The van der Waals surface area contributed by atoms with Crippen LogP contribution in [0.4, 0.5) is 5.00 Å². The van der Waals surface area contributed by atoms with Crippen LogP contribution in [0.15, 0.2) is 18.2 Å². The summed E-state index contributed by atoms with van der Waals surface area (Å²) in [4.78, 5) is 25.4. The summed E-state index contributed by atoms with van der Waals surface area (Å²) in [5.74, 6) is -0.493. The molecule has 1 N–H and O–H groups in total. The molecule has 0 aliphatic carbocycles. The van der Waals surface area contributed by atoms with Crippen molar-refractivity contribution in [2.24, 2.45) is 0 Å². The number of ether oxygens (including phenoxy) is 2. The van der Waals surface area contributed by atoms with Gasteiger partial charge in [-0.3, -0.25) is 4.79 Å². The van der Waals surface area contributed by atoms with Crippen LogP contribution in [0.3, 0.4) is 0 Å². The van der Waals surface area contributed by atoms with E-state index in [9.17, 15) is 9.59 Å². The molecule has 1 aromatic heterocycles. The minimum absolute atomic E-state index is 0.291. The summed E-state index contributed by atoms with van der Waals surface area (Å²) in [6.45, 7) is 3.69. The number of nitrogens with one attached hydrogen (secondary N) is 1. The van der Waals surface area contributed by atoms with Crippen LogP contribution in [0.2, 0.25) is 5.02 Å². The number of carbonyl (C=O) groups is 2. The van der Waals surface area contributed by atoms with Gasteiger partial charge in [-0.05, 0) is 37.6 Å². The van der Waals surface area contributed by atoms with Crippen LogP contribution >= 0.6 is 22.9 Å². The molecular formula is C16H16ClNO4S. The molecule has 1 aromatic carbocycles. The van der Waals surface area contributed by atoms with E-state index in [4.69, 9.17) is 21.1 Å². The van der Waals surface area contributed by atoms with Gasteiger partial charge in [-0.2, -0.15) is 0 Å². The first-order valence-corrected chi connectivity index (χ1v) is 7.91.